The second kappa shape index (κ2) is 4.91. The third kappa shape index (κ3) is 2.56. The maximum Gasteiger partial charge on any atom is 0.0698 e. The molecule has 3 heteroatoms. The summed E-state index contributed by atoms with van der Waals surface area (Å²) in [6.45, 7) is 3.39. The molecule has 1 fully saturated rings. The Morgan fingerprint density at radius 2 is 2.57 bits per heavy atom. The zero-order chi connectivity index (χ0) is 9.80. The zero-order valence-corrected chi connectivity index (χ0v) is 9.43. The van der Waals surface area contributed by atoms with Crippen LogP contribution in [0.25, 0.3) is 0 Å². The Balaban J connectivity index is 1.86. The molecule has 1 unspecified atom stereocenters. The van der Waals surface area contributed by atoms with Crippen LogP contribution >= 0.6 is 11.3 Å². The van der Waals surface area contributed by atoms with Gasteiger partial charge in [0.1, 0.15) is 0 Å². The highest BCUT2D eigenvalue weighted by Gasteiger charge is 2.19. The summed E-state index contributed by atoms with van der Waals surface area (Å²) in [5.74, 6) is 0. The van der Waals surface area contributed by atoms with Crippen molar-refractivity contribution in [2.75, 3.05) is 20.2 Å². The Labute approximate surface area is 89.5 Å². The van der Waals surface area contributed by atoms with E-state index in [2.05, 4.69) is 21.7 Å². The van der Waals surface area contributed by atoms with E-state index in [0.717, 1.165) is 13.1 Å². The third-order valence-corrected chi connectivity index (χ3v) is 3.51. The molecule has 0 saturated carbocycles. The van der Waals surface area contributed by atoms with E-state index in [1.54, 1.807) is 11.3 Å². The van der Waals surface area contributed by atoms with Crippen LogP contribution in [0.1, 0.15) is 18.4 Å². The highest BCUT2D eigenvalue weighted by atomic mass is 32.1. The zero-order valence-electron chi connectivity index (χ0n) is 8.61. The third-order valence-electron chi connectivity index (χ3n) is 2.78. The van der Waals surface area contributed by atoms with E-state index in [4.69, 9.17) is 4.74 Å². The molecule has 1 aromatic rings. The van der Waals surface area contributed by atoms with Gasteiger partial charge in [-0.05, 0) is 41.8 Å². The quantitative estimate of drug-likeness (QED) is 0.761. The lowest BCUT2D eigenvalue weighted by Gasteiger charge is -2.31. The minimum absolute atomic E-state index is 0.447. The molecule has 2 rings (SSSR count). The first-order chi connectivity index (χ1) is 6.88. The van der Waals surface area contributed by atoms with Crippen molar-refractivity contribution >= 4 is 11.3 Å². The monoisotopic (exact) mass is 211 g/mol. The minimum Gasteiger partial charge on any atom is -0.380 e. The van der Waals surface area contributed by atoms with Crippen LogP contribution in [0.4, 0.5) is 0 Å². The van der Waals surface area contributed by atoms with Crippen molar-refractivity contribution in [2.45, 2.75) is 25.5 Å². The smallest absolute Gasteiger partial charge is 0.0698 e. The van der Waals surface area contributed by atoms with Gasteiger partial charge in [-0.3, -0.25) is 4.90 Å². The van der Waals surface area contributed by atoms with Crippen molar-refractivity contribution in [1.29, 1.82) is 0 Å². The summed E-state index contributed by atoms with van der Waals surface area (Å²) in [6.07, 6.45) is 2.93. The van der Waals surface area contributed by atoms with Crippen LogP contribution in [0.2, 0.25) is 0 Å². The molecule has 0 amide bonds. The van der Waals surface area contributed by atoms with Crippen LogP contribution < -0.4 is 0 Å². The fraction of sp³-hybridized carbons (Fsp3) is 0.636. The van der Waals surface area contributed by atoms with Gasteiger partial charge in [-0.1, -0.05) is 0 Å². The second-order valence-electron chi connectivity index (χ2n) is 3.87. The summed E-state index contributed by atoms with van der Waals surface area (Å²) in [4.78, 5) is 2.49. The second-order valence-corrected chi connectivity index (χ2v) is 4.65. The standard InChI is InChI=1S/C11H17NOS/c1-13-11-3-2-5-12(8-11)7-10-4-6-14-9-10/h4,6,9,11H,2-3,5,7-8H2,1H3. The fourth-order valence-electron chi connectivity index (χ4n) is 1.99. The van der Waals surface area contributed by atoms with Gasteiger partial charge in [0.25, 0.3) is 0 Å². The van der Waals surface area contributed by atoms with Crippen LogP contribution in [0.5, 0.6) is 0 Å². The minimum atomic E-state index is 0.447. The average Bonchev–Trinajstić information content (AvgIpc) is 2.71. The maximum atomic E-state index is 5.40. The summed E-state index contributed by atoms with van der Waals surface area (Å²) in [7, 11) is 1.82. The molecule has 1 saturated heterocycles. The Morgan fingerprint density at radius 1 is 1.64 bits per heavy atom. The molecular formula is C11H17NOS. The van der Waals surface area contributed by atoms with Gasteiger partial charge < -0.3 is 4.74 Å². The summed E-state index contributed by atoms with van der Waals surface area (Å²) in [6, 6.07) is 2.21. The normalized spacial score (nSPS) is 23.9. The molecule has 0 aromatic carbocycles. The molecule has 0 bridgehead atoms. The van der Waals surface area contributed by atoms with E-state index < -0.39 is 0 Å². The molecule has 78 valence electrons. The number of likely N-dealkylation sites (tertiary alicyclic amines) is 1. The Morgan fingerprint density at radius 3 is 3.29 bits per heavy atom. The molecule has 14 heavy (non-hydrogen) atoms. The molecular weight excluding hydrogens is 194 g/mol. The lowest BCUT2D eigenvalue weighted by molar-refractivity contribution is 0.0286. The highest BCUT2D eigenvalue weighted by Crippen LogP contribution is 2.16. The van der Waals surface area contributed by atoms with E-state index in [9.17, 15) is 0 Å². The van der Waals surface area contributed by atoms with Crippen LogP contribution in [0, 0.1) is 0 Å². The van der Waals surface area contributed by atoms with E-state index in [1.807, 2.05) is 7.11 Å². The van der Waals surface area contributed by atoms with Gasteiger partial charge in [0.2, 0.25) is 0 Å². The lowest BCUT2D eigenvalue weighted by Crippen LogP contribution is -2.38. The SMILES string of the molecule is COC1CCCN(Cc2ccsc2)C1. The van der Waals surface area contributed by atoms with Crippen LogP contribution in [0.3, 0.4) is 0 Å². The number of piperidine rings is 1. The Hall–Kier alpha value is -0.380. The molecule has 1 aromatic heterocycles. The van der Waals surface area contributed by atoms with Gasteiger partial charge in [-0.15, -0.1) is 0 Å². The molecule has 1 aliphatic heterocycles. The Bertz CT molecular complexity index is 260. The fourth-order valence-corrected chi connectivity index (χ4v) is 2.65. The van der Waals surface area contributed by atoms with Gasteiger partial charge in [-0.25, -0.2) is 0 Å². The topological polar surface area (TPSA) is 12.5 Å². The van der Waals surface area contributed by atoms with Crippen molar-refractivity contribution in [3.63, 3.8) is 0 Å². The van der Waals surface area contributed by atoms with E-state index in [1.165, 1.54) is 24.9 Å². The highest BCUT2D eigenvalue weighted by molar-refractivity contribution is 7.07. The summed E-state index contributed by atoms with van der Waals surface area (Å²) in [5, 5.41) is 4.38. The number of nitrogens with zero attached hydrogens (tertiary/aromatic N) is 1. The predicted molar refractivity (Wildman–Crippen MR) is 59.6 cm³/mol. The molecule has 1 atom stereocenters. The van der Waals surface area contributed by atoms with Gasteiger partial charge >= 0.3 is 0 Å². The van der Waals surface area contributed by atoms with E-state index in [-0.39, 0.29) is 0 Å². The predicted octanol–water partition coefficient (Wildman–Crippen LogP) is 2.36. The van der Waals surface area contributed by atoms with Crippen molar-refractivity contribution < 1.29 is 4.74 Å². The van der Waals surface area contributed by atoms with Gasteiger partial charge in [0, 0.05) is 20.2 Å². The number of hydrogen-bond acceptors (Lipinski definition) is 3. The van der Waals surface area contributed by atoms with E-state index >= 15 is 0 Å². The lowest BCUT2D eigenvalue weighted by atomic mass is 10.1. The van der Waals surface area contributed by atoms with Gasteiger partial charge in [-0.2, -0.15) is 11.3 Å². The van der Waals surface area contributed by atoms with Gasteiger partial charge in [0.15, 0.2) is 0 Å². The maximum absolute atomic E-state index is 5.40. The van der Waals surface area contributed by atoms with Crippen molar-refractivity contribution in [3.8, 4) is 0 Å². The van der Waals surface area contributed by atoms with Crippen LogP contribution in [0.15, 0.2) is 16.8 Å². The summed E-state index contributed by atoms with van der Waals surface area (Å²) >= 11 is 1.78. The van der Waals surface area contributed by atoms with Crippen LogP contribution in [-0.2, 0) is 11.3 Å². The number of methoxy groups -OCH3 is 1. The largest absolute Gasteiger partial charge is 0.380 e. The van der Waals surface area contributed by atoms with Gasteiger partial charge in [0.05, 0.1) is 6.10 Å². The molecule has 0 N–H and O–H groups in total. The summed E-state index contributed by atoms with van der Waals surface area (Å²) in [5.41, 5.74) is 1.44. The Kier molecular flexibility index (Phi) is 3.56. The molecule has 0 radical (unpaired) electrons. The van der Waals surface area contributed by atoms with Crippen molar-refractivity contribution in [1.82, 2.24) is 4.90 Å². The molecule has 1 aliphatic rings. The van der Waals surface area contributed by atoms with Crippen molar-refractivity contribution in [3.05, 3.63) is 22.4 Å². The first-order valence-electron chi connectivity index (χ1n) is 5.14. The number of ether oxygens (including phenoxy) is 1. The van der Waals surface area contributed by atoms with Crippen LogP contribution in [-0.4, -0.2) is 31.2 Å². The number of hydrogen-bond donors (Lipinski definition) is 0. The summed E-state index contributed by atoms with van der Waals surface area (Å²) < 4.78 is 5.40. The molecule has 2 heterocycles. The molecule has 0 spiro atoms. The molecule has 2 nitrogen and oxygen atoms in total. The first kappa shape index (κ1) is 10.1. The number of rotatable bonds is 3. The average molecular weight is 211 g/mol. The van der Waals surface area contributed by atoms with E-state index in [0.29, 0.717) is 6.10 Å². The van der Waals surface area contributed by atoms with Crippen molar-refractivity contribution in [2.24, 2.45) is 0 Å². The first-order valence-corrected chi connectivity index (χ1v) is 6.09. The number of thiophene rings is 1. The molecule has 0 aliphatic carbocycles.